The standard InChI is InChI=1S/C11H14BrN3/c1-7-5-8(12)11-9(6-7)14-10(3-4-13)15(11)2/h5-6H,3-4,13H2,1-2H3. The van der Waals surface area contributed by atoms with Crippen LogP contribution in [0.2, 0.25) is 0 Å². The second kappa shape index (κ2) is 3.94. The van der Waals surface area contributed by atoms with Gasteiger partial charge >= 0.3 is 0 Å². The van der Waals surface area contributed by atoms with E-state index in [2.05, 4.69) is 44.5 Å². The number of imidazole rings is 1. The van der Waals surface area contributed by atoms with Crippen molar-refractivity contribution < 1.29 is 0 Å². The van der Waals surface area contributed by atoms with Crippen molar-refractivity contribution in [3.05, 3.63) is 28.0 Å². The monoisotopic (exact) mass is 267 g/mol. The highest BCUT2D eigenvalue weighted by molar-refractivity contribution is 9.10. The van der Waals surface area contributed by atoms with E-state index in [1.54, 1.807) is 0 Å². The van der Waals surface area contributed by atoms with Crippen LogP contribution in [-0.2, 0) is 13.5 Å². The third-order valence-electron chi connectivity index (χ3n) is 2.53. The molecule has 1 heterocycles. The maximum atomic E-state index is 5.55. The quantitative estimate of drug-likeness (QED) is 0.906. The molecule has 1 aromatic carbocycles. The van der Waals surface area contributed by atoms with Crippen molar-refractivity contribution >= 4 is 27.0 Å². The molecule has 2 aromatic rings. The zero-order chi connectivity index (χ0) is 11.0. The van der Waals surface area contributed by atoms with Gasteiger partial charge in [-0.15, -0.1) is 0 Å². The molecule has 0 aliphatic carbocycles. The van der Waals surface area contributed by atoms with Crippen molar-refractivity contribution in [1.82, 2.24) is 9.55 Å². The van der Waals surface area contributed by atoms with Crippen molar-refractivity contribution in [3.8, 4) is 0 Å². The molecule has 0 spiro atoms. The Morgan fingerprint density at radius 3 is 2.87 bits per heavy atom. The summed E-state index contributed by atoms with van der Waals surface area (Å²) in [4.78, 5) is 4.58. The molecule has 0 saturated heterocycles. The van der Waals surface area contributed by atoms with Crippen molar-refractivity contribution in [1.29, 1.82) is 0 Å². The average Bonchev–Trinajstić information content (AvgIpc) is 2.43. The Labute approximate surface area is 97.4 Å². The number of hydrogen-bond donors (Lipinski definition) is 1. The van der Waals surface area contributed by atoms with Crippen molar-refractivity contribution in [2.75, 3.05) is 6.54 Å². The van der Waals surface area contributed by atoms with Gasteiger partial charge in [0.1, 0.15) is 5.82 Å². The molecule has 0 aliphatic heterocycles. The number of nitrogens with zero attached hydrogens (tertiary/aromatic N) is 2. The fourth-order valence-corrected chi connectivity index (χ4v) is 2.66. The Morgan fingerprint density at radius 2 is 2.20 bits per heavy atom. The lowest BCUT2D eigenvalue weighted by atomic mass is 10.2. The number of nitrogens with two attached hydrogens (primary N) is 1. The lowest BCUT2D eigenvalue weighted by molar-refractivity contribution is 0.793. The molecule has 2 N–H and O–H groups in total. The van der Waals surface area contributed by atoms with Crippen LogP contribution in [0.25, 0.3) is 11.0 Å². The van der Waals surface area contributed by atoms with Gasteiger partial charge in [-0.2, -0.15) is 0 Å². The van der Waals surface area contributed by atoms with Crippen LogP contribution in [-0.4, -0.2) is 16.1 Å². The highest BCUT2D eigenvalue weighted by Crippen LogP contribution is 2.26. The molecule has 15 heavy (non-hydrogen) atoms. The van der Waals surface area contributed by atoms with Gasteiger partial charge in [0.15, 0.2) is 0 Å². The Balaban J connectivity index is 2.70. The van der Waals surface area contributed by atoms with E-state index in [-0.39, 0.29) is 0 Å². The first-order valence-corrected chi connectivity index (χ1v) is 5.74. The Kier molecular flexibility index (Phi) is 2.80. The fraction of sp³-hybridized carbons (Fsp3) is 0.364. The largest absolute Gasteiger partial charge is 0.330 e. The van der Waals surface area contributed by atoms with Crippen LogP contribution in [0.4, 0.5) is 0 Å². The maximum absolute atomic E-state index is 5.55. The van der Waals surface area contributed by atoms with Crippen LogP contribution in [0, 0.1) is 6.92 Å². The van der Waals surface area contributed by atoms with E-state index < -0.39 is 0 Å². The van der Waals surface area contributed by atoms with Gasteiger partial charge in [0, 0.05) is 17.9 Å². The van der Waals surface area contributed by atoms with Crippen LogP contribution >= 0.6 is 15.9 Å². The molecule has 80 valence electrons. The Bertz CT molecular complexity index is 502. The molecule has 0 amide bonds. The number of halogens is 1. The number of hydrogen-bond acceptors (Lipinski definition) is 2. The second-order valence-electron chi connectivity index (χ2n) is 3.74. The van der Waals surface area contributed by atoms with Crippen LogP contribution in [0.1, 0.15) is 11.4 Å². The molecule has 2 rings (SSSR count). The van der Waals surface area contributed by atoms with Crippen LogP contribution in [0.15, 0.2) is 16.6 Å². The summed E-state index contributed by atoms with van der Waals surface area (Å²) in [6.07, 6.45) is 0.816. The summed E-state index contributed by atoms with van der Waals surface area (Å²) in [6.45, 7) is 2.70. The predicted molar refractivity (Wildman–Crippen MR) is 65.9 cm³/mol. The van der Waals surface area contributed by atoms with Gasteiger partial charge in [-0.25, -0.2) is 4.98 Å². The van der Waals surface area contributed by atoms with Crippen LogP contribution < -0.4 is 5.73 Å². The fourth-order valence-electron chi connectivity index (χ4n) is 1.83. The number of fused-ring (bicyclic) bond motifs is 1. The summed E-state index contributed by atoms with van der Waals surface area (Å²) < 4.78 is 3.20. The summed E-state index contributed by atoms with van der Waals surface area (Å²) >= 11 is 3.57. The topological polar surface area (TPSA) is 43.8 Å². The second-order valence-corrected chi connectivity index (χ2v) is 4.59. The number of aromatic nitrogens is 2. The molecule has 0 radical (unpaired) electrons. The third kappa shape index (κ3) is 1.79. The summed E-state index contributed by atoms with van der Waals surface area (Å²) in [5, 5.41) is 0. The van der Waals surface area contributed by atoms with E-state index in [0.717, 1.165) is 27.8 Å². The minimum atomic E-state index is 0.633. The lowest BCUT2D eigenvalue weighted by Gasteiger charge is -2.02. The average molecular weight is 268 g/mol. The van der Waals surface area contributed by atoms with E-state index >= 15 is 0 Å². The normalized spacial score (nSPS) is 11.2. The van der Waals surface area contributed by atoms with Crippen LogP contribution in [0.5, 0.6) is 0 Å². The Morgan fingerprint density at radius 1 is 1.47 bits per heavy atom. The van der Waals surface area contributed by atoms with Gasteiger partial charge in [-0.1, -0.05) is 0 Å². The van der Waals surface area contributed by atoms with Gasteiger partial charge in [-0.3, -0.25) is 0 Å². The van der Waals surface area contributed by atoms with Gasteiger partial charge in [0.05, 0.1) is 11.0 Å². The first-order valence-electron chi connectivity index (χ1n) is 4.95. The molecule has 0 unspecified atom stereocenters. The number of rotatable bonds is 2. The molecular formula is C11H14BrN3. The maximum Gasteiger partial charge on any atom is 0.110 e. The SMILES string of the molecule is Cc1cc(Br)c2c(c1)nc(CCN)n2C. The molecule has 3 nitrogen and oxygen atoms in total. The van der Waals surface area contributed by atoms with Crippen LogP contribution in [0.3, 0.4) is 0 Å². The summed E-state index contributed by atoms with van der Waals surface area (Å²) in [5.41, 5.74) is 8.95. The molecule has 0 atom stereocenters. The van der Waals surface area contributed by atoms with E-state index in [1.165, 1.54) is 5.56 Å². The van der Waals surface area contributed by atoms with E-state index in [9.17, 15) is 0 Å². The van der Waals surface area contributed by atoms with Gasteiger partial charge in [0.2, 0.25) is 0 Å². The Hall–Kier alpha value is -0.870. The van der Waals surface area contributed by atoms with Gasteiger partial charge in [-0.05, 0) is 47.1 Å². The molecule has 4 heteroatoms. The van der Waals surface area contributed by atoms with E-state index in [4.69, 9.17) is 5.73 Å². The number of aryl methyl sites for hydroxylation is 2. The molecule has 0 fully saturated rings. The summed E-state index contributed by atoms with van der Waals surface area (Å²) in [6, 6.07) is 4.20. The molecule has 0 aliphatic rings. The minimum absolute atomic E-state index is 0.633. The van der Waals surface area contributed by atoms with E-state index in [1.807, 2.05) is 7.05 Å². The van der Waals surface area contributed by atoms with Crippen molar-refractivity contribution in [2.24, 2.45) is 12.8 Å². The minimum Gasteiger partial charge on any atom is -0.330 e. The first-order chi connectivity index (χ1) is 7.13. The molecule has 0 bridgehead atoms. The first kappa shape index (κ1) is 10.6. The predicted octanol–water partition coefficient (Wildman–Crippen LogP) is 2.15. The molecule has 1 aromatic heterocycles. The van der Waals surface area contributed by atoms with Crippen molar-refractivity contribution in [3.63, 3.8) is 0 Å². The zero-order valence-corrected chi connectivity index (χ0v) is 10.5. The summed E-state index contributed by atoms with van der Waals surface area (Å²) in [7, 11) is 2.03. The summed E-state index contributed by atoms with van der Waals surface area (Å²) in [5.74, 6) is 1.04. The van der Waals surface area contributed by atoms with Gasteiger partial charge < -0.3 is 10.3 Å². The molecule has 0 saturated carbocycles. The third-order valence-corrected chi connectivity index (χ3v) is 3.13. The zero-order valence-electron chi connectivity index (χ0n) is 8.92. The highest BCUT2D eigenvalue weighted by Gasteiger charge is 2.10. The van der Waals surface area contributed by atoms with Crippen molar-refractivity contribution in [2.45, 2.75) is 13.3 Å². The number of benzene rings is 1. The van der Waals surface area contributed by atoms with E-state index in [0.29, 0.717) is 6.54 Å². The van der Waals surface area contributed by atoms with Gasteiger partial charge in [0.25, 0.3) is 0 Å². The molecular weight excluding hydrogens is 254 g/mol. The highest BCUT2D eigenvalue weighted by atomic mass is 79.9. The smallest absolute Gasteiger partial charge is 0.110 e. The lowest BCUT2D eigenvalue weighted by Crippen LogP contribution is -2.07.